The standard InChI is InChI=1S/C36H37Cl2N5O3/c1-24(2)46-34-9-4-3-8-33(34)42-18-16-41(17-19-42)23-25-6-5-7-27(20-25)35(44)43-15-14-26-21-29(11-13-32(26)43)39-36(45)40-31-12-10-28(37)22-30(31)38/h3-13,20-22,24H,14-19,23H2,1-2H3,(H2,39,40,45). The van der Waals surface area contributed by atoms with Crippen LogP contribution in [-0.2, 0) is 13.0 Å². The quantitative estimate of drug-likeness (QED) is 0.201. The molecule has 1 fully saturated rings. The Hall–Kier alpha value is -4.24. The third-order valence-electron chi connectivity index (χ3n) is 8.18. The third-order valence-corrected chi connectivity index (χ3v) is 8.73. The third kappa shape index (κ3) is 7.41. The summed E-state index contributed by atoms with van der Waals surface area (Å²) in [5, 5.41) is 6.43. The molecular formula is C36H37Cl2N5O3. The Balaban J connectivity index is 1.05. The van der Waals surface area contributed by atoms with E-state index in [1.54, 1.807) is 24.3 Å². The van der Waals surface area contributed by atoms with E-state index in [0.29, 0.717) is 39.9 Å². The van der Waals surface area contributed by atoms with E-state index in [2.05, 4.69) is 52.5 Å². The fraction of sp³-hybridized carbons (Fsp3) is 0.278. The molecule has 0 spiro atoms. The van der Waals surface area contributed by atoms with Gasteiger partial charge in [-0.05, 0) is 92.1 Å². The summed E-state index contributed by atoms with van der Waals surface area (Å²) >= 11 is 12.1. The number of carbonyl (C=O) groups excluding carboxylic acids is 2. The van der Waals surface area contributed by atoms with Gasteiger partial charge in [0.15, 0.2) is 0 Å². The molecule has 6 rings (SSSR count). The molecule has 2 aliphatic heterocycles. The van der Waals surface area contributed by atoms with Gasteiger partial charge in [0.05, 0.1) is 22.5 Å². The summed E-state index contributed by atoms with van der Waals surface area (Å²) in [4.78, 5) is 32.9. The Morgan fingerprint density at radius 3 is 2.41 bits per heavy atom. The molecule has 4 aromatic rings. The van der Waals surface area contributed by atoms with Gasteiger partial charge in [0.1, 0.15) is 5.75 Å². The van der Waals surface area contributed by atoms with Crippen molar-refractivity contribution in [2.45, 2.75) is 32.9 Å². The fourth-order valence-corrected chi connectivity index (χ4v) is 6.46. The van der Waals surface area contributed by atoms with Gasteiger partial charge in [0, 0.05) is 61.2 Å². The summed E-state index contributed by atoms with van der Waals surface area (Å²) in [7, 11) is 0. The minimum Gasteiger partial charge on any atom is -0.489 e. The summed E-state index contributed by atoms with van der Waals surface area (Å²) in [5.74, 6) is 0.904. The molecular weight excluding hydrogens is 621 g/mol. The topological polar surface area (TPSA) is 77.2 Å². The molecule has 46 heavy (non-hydrogen) atoms. The van der Waals surface area contributed by atoms with Crippen molar-refractivity contribution in [2.75, 3.05) is 53.2 Å². The van der Waals surface area contributed by atoms with Crippen molar-refractivity contribution in [3.8, 4) is 5.75 Å². The molecule has 0 atom stereocenters. The first kappa shape index (κ1) is 31.7. The van der Waals surface area contributed by atoms with Gasteiger partial charge in [-0.2, -0.15) is 0 Å². The number of carbonyl (C=O) groups is 2. The average Bonchev–Trinajstić information content (AvgIpc) is 3.46. The monoisotopic (exact) mass is 657 g/mol. The minimum atomic E-state index is -0.418. The molecule has 2 heterocycles. The van der Waals surface area contributed by atoms with Gasteiger partial charge in [0.25, 0.3) is 5.91 Å². The maximum absolute atomic E-state index is 13.7. The molecule has 0 bridgehead atoms. The molecule has 8 nitrogen and oxygen atoms in total. The zero-order valence-corrected chi connectivity index (χ0v) is 27.4. The van der Waals surface area contributed by atoms with Crippen molar-refractivity contribution >= 4 is 57.9 Å². The zero-order valence-electron chi connectivity index (χ0n) is 25.9. The molecule has 2 aliphatic rings. The fourth-order valence-electron chi connectivity index (χ4n) is 6.00. The Morgan fingerprint density at radius 1 is 0.826 bits per heavy atom. The number of ether oxygens (including phenoxy) is 1. The van der Waals surface area contributed by atoms with Crippen LogP contribution in [0.4, 0.5) is 27.5 Å². The molecule has 3 amide bonds. The number of urea groups is 1. The number of hydrogen-bond acceptors (Lipinski definition) is 5. The number of hydrogen-bond donors (Lipinski definition) is 2. The number of benzene rings is 4. The van der Waals surface area contributed by atoms with Crippen LogP contribution in [0.1, 0.15) is 35.3 Å². The molecule has 238 valence electrons. The molecule has 4 aromatic carbocycles. The van der Waals surface area contributed by atoms with Gasteiger partial charge in [-0.3, -0.25) is 9.69 Å². The molecule has 0 unspecified atom stereocenters. The average molecular weight is 659 g/mol. The number of para-hydroxylation sites is 2. The van der Waals surface area contributed by atoms with Crippen molar-refractivity contribution in [2.24, 2.45) is 0 Å². The van der Waals surface area contributed by atoms with Crippen molar-refractivity contribution in [1.82, 2.24) is 4.90 Å². The van der Waals surface area contributed by atoms with Crippen LogP contribution < -0.4 is 25.2 Å². The lowest BCUT2D eigenvalue weighted by atomic mass is 10.1. The number of nitrogens with one attached hydrogen (secondary N) is 2. The van der Waals surface area contributed by atoms with Crippen LogP contribution in [0.25, 0.3) is 0 Å². The molecule has 1 saturated heterocycles. The number of halogens is 2. The lowest BCUT2D eigenvalue weighted by molar-refractivity contribution is 0.0989. The van der Waals surface area contributed by atoms with Crippen LogP contribution in [0, 0.1) is 0 Å². The van der Waals surface area contributed by atoms with E-state index in [0.717, 1.165) is 61.0 Å². The molecule has 2 N–H and O–H groups in total. The highest BCUT2D eigenvalue weighted by Crippen LogP contribution is 2.33. The van der Waals surface area contributed by atoms with Gasteiger partial charge in [-0.25, -0.2) is 4.79 Å². The molecule has 0 aliphatic carbocycles. The number of fused-ring (bicyclic) bond motifs is 1. The van der Waals surface area contributed by atoms with Crippen LogP contribution in [0.2, 0.25) is 10.0 Å². The zero-order chi connectivity index (χ0) is 32.2. The van der Waals surface area contributed by atoms with E-state index in [1.807, 2.05) is 47.4 Å². The maximum atomic E-state index is 13.7. The normalized spacial score (nSPS) is 14.7. The van der Waals surface area contributed by atoms with Crippen molar-refractivity contribution in [3.63, 3.8) is 0 Å². The van der Waals surface area contributed by atoms with Crippen molar-refractivity contribution in [1.29, 1.82) is 0 Å². The smallest absolute Gasteiger partial charge is 0.323 e. The lowest BCUT2D eigenvalue weighted by Crippen LogP contribution is -2.46. The summed E-state index contributed by atoms with van der Waals surface area (Å²) < 4.78 is 6.05. The van der Waals surface area contributed by atoms with Gasteiger partial charge < -0.3 is 25.2 Å². The highest BCUT2D eigenvalue weighted by atomic mass is 35.5. The predicted molar refractivity (Wildman–Crippen MR) is 187 cm³/mol. The Labute approximate surface area is 279 Å². The second-order valence-electron chi connectivity index (χ2n) is 11.9. The highest BCUT2D eigenvalue weighted by molar-refractivity contribution is 6.36. The molecule has 0 aromatic heterocycles. The second-order valence-corrected chi connectivity index (χ2v) is 12.7. The Bertz CT molecular complexity index is 1740. The first-order valence-corrected chi connectivity index (χ1v) is 16.3. The summed E-state index contributed by atoms with van der Waals surface area (Å²) in [6.07, 6.45) is 0.831. The van der Waals surface area contributed by atoms with E-state index >= 15 is 0 Å². The van der Waals surface area contributed by atoms with Gasteiger partial charge in [-0.15, -0.1) is 0 Å². The predicted octanol–water partition coefficient (Wildman–Crippen LogP) is 7.95. The summed E-state index contributed by atoms with van der Waals surface area (Å²) in [6, 6.07) is 26.3. The SMILES string of the molecule is CC(C)Oc1ccccc1N1CCN(Cc2cccc(C(=O)N3CCc4cc(NC(=O)Nc5ccc(Cl)cc5Cl)ccc43)c2)CC1. The minimum absolute atomic E-state index is 0.0250. The van der Waals surface area contributed by atoms with Crippen LogP contribution in [0.5, 0.6) is 5.75 Å². The van der Waals surface area contributed by atoms with Crippen LogP contribution >= 0.6 is 23.2 Å². The molecule has 0 saturated carbocycles. The van der Waals surface area contributed by atoms with Crippen LogP contribution in [0.3, 0.4) is 0 Å². The lowest BCUT2D eigenvalue weighted by Gasteiger charge is -2.37. The van der Waals surface area contributed by atoms with Gasteiger partial charge in [0.2, 0.25) is 0 Å². The Kier molecular flexibility index (Phi) is 9.68. The largest absolute Gasteiger partial charge is 0.489 e. The summed E-state index contributed by atoms with van der Waals surface area (Å²) in [6.45, 7) is 9.14. The number of anilines is 4. The van der Waals surface area contributed by atoms with E-state index in [-0.39, 0.29) is 12.0 Å². The number of rotatable bonds is 8. The van der Waals surface area contributed by atoms with Crippen molar-refractivity contribution in [3.05, 3.63) is 112 Å². The molecule has 0 radical (unpaired) electrons. The Morgan fingerprint density at radius 2 is 1.63 bits per heavy atom. The number of nitrogens with zero attached hydrogens (tertiary/aromatic N) is 3. The van der Waals surface area contributed by atoms with Crippen LogP contribution in [0.15, 0.2) is 84.9 Å². The van der Waals surface area contributed by atoms with Gasteiger partial charge in [-0.1, -0.05) is 47.5 Å². The van der Waals surface area contributed by atoms with E-state index in [4.69, 9.17) is 27.9 Å². The maximum Gasteiger partial charge on any atom is 0.323 e. The van der Waals surface area contributed by atoms with E-state index in [1.165, 1.54) is 0 Å². The van der Waals surface area contributed by atoms with Crippen molar-refractivity contribution < 1.29 is 14.3 Å². The van der Waals surface area contributed by atoms with Crippen LogP contribution in [-0.4, -0.2) is 55.7 Å². The number of amides is 3. The van der Waals surface area contributed by atoms with E-state index < -0.39 is 6.03 Å². The number of piperazine rings is 1. The molecule has 10 heteroatoms. The van der Waals surface area contributed by atoms with Gasteiger partial charge >= 0.3 is 6.03 Å². The highest BCUT2D eigenvalue weighted by Gasteiger charge is 2.27. The van der Waals surface area contributed by atoms with E-state index in [9.17, 15) is 9.59 Å². The summed E-state index contributed by atoms with van der Waals surface area (Å²) in [5.41, 5.74) is 5.89. The first-order valence-electron chi connectivity index (χ1n) is 15.5. The first-order chi connectivity index (χ1) is 22.2. The second kappa shape index (κ2) is 14.0.